The highest BCUT2D eigenvalue weighted by Crippen LogP contribution is 2.17. The summed E-state index contributed by atoms with van der Waals surface area (Å²) in [5, 5.41) is 0.595. The zero-order chi connectivity index (χ0) is 15.0. The lowest BCUT2D eigenvalue weighted by atomic mass is 10.2. The molecule has 0 aliphatic carbocycles. The molecule has 0 saturated heterocycles. The van der Waals surface area contributed by atoms with Crippen LogP contribution in [0, 0.1) is 6.92 Å². The van der Waals surface area contributed by atoms with Gasteiger partial charge in [-0.2, -0.15) is 0 Å². The SMILES string of the molecule is Cc1cnc(SCCC(F)CCCOC=O)n(C)c1=O. The molecule has 0 fully saturated rings. The van der Waals surface area contributed by atoms with E-state index in [9.17, 15) is 14.0 Å². The van der Waals surface area contributed by atoms with Gasteiger partial charge in [-0.15, -0.1) is 0 Å². The first-order valence-electron chi connectivity index (χ1n) is 6.41. The van der Waals surface area contributed by atoms with Gasteiger partial charge in [0.05, 0.1) is 6.61 Å². The maximum absolute atomic E-state index is 13.5. The molecule has 0 amide bonds. The van der Waals surface area contributed by atoms with E-state index in [1.807, 2.05) is 0 Å². The summed E-state index contributed by atoms with van der Waals surface area (Å²) in [6.07, 6.45) is 1.88. The summed E-state index contributed by atoms with van der Waals surface area (Å²) in [5.41, 5.74) is 0.515. The number of thioether (sulfide) groups is 1. The first-order chi connectivity index (χ1) is 9.56. The highest BCUT2D eigenvalue weighted by molar-refractivity contribution is 7.99. The van der Waals surface area contributed by atoms with Gasteiger partial charge in [0.2, 0.25) is 0 Å². The summed E-state index contributed by atoms with van der Waals surface area (Å²) in [4.78, 5) is 25.8. The van der Waals surface area contributed by atoms with Gasteiger partial charge in [-0.1, -0.05) is 11.8 Å². The van der Waals surface area contributed by atoms with Crippen LogP contribution in [0.5, 0.6) is 0 Å². The second kappa shape index (κ2) is 8.73. The Morgan fingerprint density at radius 3 is 3.00 bits per heavy atom. The number of aromatic nitrogens is 2. The molecular weight excluding hydrogens is 283 g/mol. The molecule has 1 unspecified atom stereocenters. The standard InChI is InChI=1S/C13H19FN2O3S/c1-10-8-15-13(16(2)12(10)18)20-7-5-11(14)4-3-6-19-9-17/h8-9,11H,3-7H2,1-2H3. The first kappa shape index (κ1) is 16.7. The van der Waals surface area contributed by atoms with Crippen molar-refractivity contribution in [1.82, 2.24) is 9.55 Å². The summed E-state index contributed by atoms with van der Waals surface area (Å²) >= 11 is 1.37. The number of ether oxygens (including phenoxy) is 1. The average Bonchev–Trinajstić information content (AvgIpc) is 2.43. The third-order valence-corrected chi connectivity index (χ3v) is 3.88. The van der Waals surface area contributed by atoms with Crippen molar-refractivity contribution in [2.24, 2.45) is 7.05 Å². The molecule has 0 spiro atoms. The number of alkyl halides is 1. The lowest BCUT2D eigenvalue weighted by Gasteiger charge is -2.09. The summed E-state index contributed by atoms with van der Waals surface area (Å²) in [5.74, 6) is 0.555. The number of hydrogen-bond donors (Lipinski definition) is 0. The van der Waals surface area contributed by atoms with Gasteiger partial charge in [0.1, 0.15) is 6.17 Å². The van der Waals surface area contributed by atoms with Crippen LogP contribution in [0.1, 0.15) is 24.8 Å². The highest BCUT2D eigenvalue weighted by atomic mass is 32.2. The normalized spacial score (nSPS) is 12.2. The van der Waals surface area contributed by atoms with Gasteiger partial charge in [0.15, 0.2) is 5.16 Å². The molecule has 0 saturated carbocycles. The van der Waals surface area contributed by atoms with Crippen molar-refractivity contribution in [3.63, 3.8) is 0 Å². The van der Waals surface area contributed by atoms with Crippen molar-refractivity contribution < 1.29 is 13.9 Å². The molecule has 1 heterocycles. The van der Waals surface area contributed by atoms with Crippen LogP contribution in [0.4, 0.5) is 4.39 Å². The molecule has 7 heteroatoms. The van der Waals surface area contributed by atoms with Crippen molar-refractivity contribution >= 4 is 18.2 Å². The van der Waals surface area contributed by atoms with E-state index in [4.69, 9.17) is 0 Å². The lowest BCUT2D eigenvalue weighted by molar-refractivity contribution is -0.128. The molecule has 0 aliphatic heterocycles. The van der Waals surface area contributed by atoms with Crippen LogP contribution in [0.3, 0.4) is 0 Å². The summed E-state index contributed by atoms with van der Waals surface area (Å²) in [6.45, 7) is 2.33. The largest absolute Gasteiger partial charge is 0.468 e. The zero-order valence-electron chi connectivity index (χ0n) is 11.7. The minimum atomic E-state index is -0.930. The van der Waals surface area contributed by atoms with Crippen LogP contribution in [0.25, 0.3) is 0 Å². The number of carbonyl (C=O) groups excluding carboxylic acids is 1. The summed E-state index contributed by atoms with van der Waals surface area (Å²) < 4.78 is 19.5. The summed E-state index contributed by atoms with van der Waals surface area (Å²) in [6, 6.07) is 0. The quantitative estimate of drug-likeness (QED) is 0.301. The molecule has 1 rings (SSSR count). The number of nitrogens with zero attached hydrogens (tertiary/aromatic N) is 2. The Morgan fingerprint density at radius 2 is 2.30 bits per heavy atom. The van der Waals surface area contributed by atoms with Crippen LogP contribution in [0.2, 0.25) is 0 Å². The molecular formula is C13H19FN2O3S. The predicted octanol–water partition coefficient (Wildman–Crippen LogP) is 1.86. The van der Waals surface area contributed by atoms with Gasteiger partial charge >= 0.3 is 0 Å². The third kappa shape index (κ3) is 5.32. The van der Waals surface area contributed by atoms with Gasteiger partial charge < -0.3 is 4.74 Å². The minimum absolute atomic E-state index is 0.0784. The zero-order valence-corrected chi connectivity index (χ0v) is 12.5. The molecule has 1 aromatic rings. The number of halogens is 1. The van der Waals surface area contributed by atoms with E-state index in [0.29, 0.717) is 42.2 Å². The van der Waals surface area contributed by atoms with E-state index in [0.717, 1.165) is 0 Å². The van der Waals surface area contributed by atoms with Gasteiger partial charge in [0.25, 0.3) is 12.0 Å². The Labute approximate surface area is 121 Å². The first-order valence-corrected chi connectivity index (χ1v) is 7.39. The molecule has 5 nitrogen and oxygen atoms in total. The summed E-state index contributed by atoms with van der Waals surface area (Å²) in [7, 11) is 1.66. The van der Waals surface area contributed by atoms with E-state index >= 15 is 0 Å². The fraction of sp³-hybridized carbons (Fsp3) is 0.615. The van der Waals surface area contributed by atoms with Crippen LogP contribution in [0.15, 0.2) is 16.1 Å². The Hall–Kier alpha value is -1.37. The van der Waals surface area contributed by atoms with Crippen LogP contribution >= 0.6 is 11.8 Å². The average molecular weight is 302 g/mol. The number of aryl methyl sites for hydroxylation is 1. The van der Waals surface area contributed by atoms with E-state index in [-0.39, 0.29) is 12.2 Å². The van der Waals surface area contributed by atoms with Crippen LogP contribution < -0.4 is 5.56 Å². The molecule has 0 aliphatic rings. The number of hydrogen-bond acceptors (Lipinski definition) is 5. The van der Waals surface area contributed by atoms with Crippen molar-refractivity contribution in [3.05, 3.63) is 22.1 Å². The van der Waals surface area contributed by atoms with Gasteiger partial charge in [-0.25, -0.2) is 9.37 Å². The van der Waals surface area contributed by atoms with Gasteiger partial charge in [-0.05, 0) is 26.2 Å². The fourth-order valence-electron chi connectivity index (χ4n) is 1.64. The van der Waals surface area contributed by atoms with Crippen LogP contribution in [-0.2, 0) is 16.6 Å². The Morgan fingerprint density at radius 1 is 1.55 bits per heavy atom. The number of carbonyl (C=O) groups is 1. The Balaban J connectivity index is 2.32. The topological polar surface area (TPSA) is 61.2 Å². The van der Waals surface area contributed by atoms with Crippen LogP contribution in [-0.4, -0.2) is 34.6 Å². The van der Waals surface area contributed by atoms with Gasteiger partial charge in [-0.3, -0.25) is 14.2 Å². The highest BCUT2D eigenvalue weighted by Gasteiger charge is 2.09. The van der Waals surface area contributed by atoms with Gasteiger partial charge in [0, 0.05) is 24.6 Å². The molecule has 0 radical (unpaired) electrons. The third-order valence-electron chi connectivity index (χ3n) is 2.81. The maximum atomic E-state index is 13.5. The molecule has 112 valence electrons. The minimum Gasteiger partial charge on any atom is -0.468 e. The molecule has 0 bridgehead atoms. The fourth-order valence-corrected chi connectivity index (χ4v) is 2.60. The Bertz CT molecular complexity index is 493. The smallest absolute Gasteiger partial charge is 0.293 e. The Kier molecular flexibility index (Phi) is 7.28. The van der Waals surface area contributed by atoms with E-state index in [1.54, 1.807) is 14.0 Å². The second-order valence-corrected chi connectivity index (χ2v) is 5.49. The molecule has 0 N–H and O–H groups in total. The van der Waals surface area contributed by atoms with E-state index < -0.39 is 6.17 Å². The van der Waals surface area contributed by atoms with Crippen molar-refractivity contribution in [2.45, 2.75) is 37.5 Å². The van der Waals surface area contributed by atoms with E-state index in [1.165, 1.54) is 22.5 Å². The maximum Gasteiger partial charge on any atom is 0.293 e. The lowest BCUT2D eigenvalue weighted by Crippen LogP contribution is -2.21. The molecule has 20 heavy (non-hydrogen) atoms. The molecule has 1 aromatic heterocycles. The predicted molar refractivity (Wildman–Crippen MR) is 75.7 cm³/mol. The molecule has 0 aromatic carbocycles. The monoisotopic (exact) mass is 302 g/mol. The van der Waals surface area contributed by atoms with E-state index in [2.05, 4.69) is 9.72 Å². The number of rotatable bonds is 9. The van der Waals surface area contributed by atoms with Crippen molar-refractivity contribution in [3.8, 4) is 0 Å². The van der Waals surface area contributed by atoms with Crippen molar-refractivity contribution in [2.75, 3.05) is 12.4 Å². The second-order valence-electron chi connectivity index (χ2n) is 4.43. The molecule has 1 atom stereocenters. The van der Waals surface area contributed by atoms with Crippen molar-refractivity contribution in [1.29, 1.82) is 0 Å².